The molecule has 20 heavy (non-hydrogen) atoms. The Balaban J connectivity index is 1.99. The lowest BCUT2D eigenvalue weighted by molar-refractivity contribution is -0.144. The van der Waals surface area contributed by atoms with Crippen LogP contribution in [0, 0.1) is 0 Å². The SMILES string of the molecule is CNC(C)(CC(C)N1CCC2CCC(C1)N2C)C(=O)O. The summed E-state index contributed by atoms with van der Waals surface area (Å²) >= 11 is 0. The molecule has 5 heteroatoms. The standard InChI is InChI=1S/C15H29N3O2/c1-11(9-15(2,16-3)14(19)20)18-8-7-12-5-6-13(10-18)17(12)4/h11-13,16H,5-10H2,1-4H3,(H,19,20). The van der Waals surface area contributed by atoms with Gasteiger partial charge in [0.1, 0.15) is 5.54 Å². The summed E-state index contributed by atoms with van der Waals surface area (Å²) in [5.41, 5.74) is -0.837. The smallest absolute Gasteiger partial charge is 0.323 e. The number of hydrogen-bond donors (Lipinski definition) is 2. The van der Waals surface area contributed by atoms with Crippen molar-refractivity contribution in [2.24, 2.45) is 0 Å². The highest BCUT2D eigenvalue weighted by Gasteiger charge is 2.39. The van der Waals surface area contributed by atoms with Crippen molar-refractivity contribution in [3.63, 3.8) is 0 Å². The fourth-order valence-corrected chi connectivity index (χ4v) is 3.75. The number of nitrogens with one attached hydrogen (secondary N) is 1. The van der Waals surface area contributed by atoms with Crippen molar-refractivity contribution in [2.45, 2.75) is 63.2 Å². The van der Waals surface area contributed by atoms with Crippen molar-refractivity contribution in [2.75, 3.05) is 27.2 Å². The Bertz CT molecular complexity index is 363. The van der Waals surface area contributed by atoms with E-state index in [2.05, 4.69) is 29.1 Å². The maximum atomic E-state index is 11.4. The number of likely N-dealkylation sites (N-methyl/N-ethyl adjacent to an activating group) is 2. The molecular formula is C15H29N3O2. The van der Waals surface area contributed by atoms with Crippen molar-refractivity contribution >= 4 is 5.97 Å². The van der Waals surface area contributed by atoms with Crippen LogP contribution in [0.1, 0.15) is 39.5 Å². The third-order valence-corrected chi connectivity index (χ3v) is 5.53. The summed E-state index contributed by atoms with van der Waals surface area (Å²) in [7, 11) is 3.98. The lowest BCUT2D eigenvalue weighted by Crippen LogP contribution is -2.53. The summed E-state index contributed by atoms with van der Waals surface area (Å²) in [6.45, 7) is 6.11. The fourth-order valence-electron chi connectivity index (χ4n) is 3.75. The van der Waals surface area contributed by atoms with Crippen molar-refractivity contribution in [3.8, 4) is 0 Å². The van der Waals surface area contributed by atoms with Crippen LogP contribution in [-0.2, 0) is 4.79 Å². The van der Waals surface area contributed by atoms with Crippen LogP contribution in [0.15, 0.2) is 0 Å². The maximum Gasteiger partial charge on any atom is 0.323 e. The van der Waals surface area contributed by atoms with Crippen molar-refractivity contribution in [3.05, 3.63) is 0 Å². The molecule has 0 aromatic carbocycles. The van der Waals surface area contributed by atoms with Crippen LogP contribution in [0.5, 0.6) is 0 Å². The fraction of sp³-hybridized carbons (Fsp3) is 0.933. The second-order valence-corrected chi connectivity index (χ2v) is 6.77. The Morgan fingerprint density at radius 2 is 2.05 bits per heavy atom. The molecule has 0 aromatic heterocycles. The van der Waals surface area contributed by atoms with Crippen molar-refractivity contribution in [1.29, 1.82) is 0 Å². The van der Waals surface area contributed by atoms with E-state index in [0.29, 0.717) is 12.5 Å². The molecule has 2 rings (SSSR count). The molecule has 116 valence electrons. The van der Waals surface area contributed by atoms with Gasteiger partial charge < -0.3 is 10.4 Å². The minimum atomic E-state index is -0.837. The quantitative estimate of drug-likeness (QED) is 0.788. The van der Waals surface area contributed by atoms with E-state index in [-0.39, 0.29) is 6.04 Å². The Morgan fingerprint density at radius 3 is 2.65 bits per heavy atom. The highest BCUT2D eigenvalue weighted by molar-refractivity contribution is 5.78. The second-order valence-electron chi connectivity index (χ2n) is 6.77. The number of aliphatic carboxylic acids is 1. The molecule has 2 fully saturated rings. The molecule has 4 unspecified atom stereocenters. The van der Waals surface area contributed by atoms with Gasteiger partial charge in [-0.15, -0.1) is 0 Å². The number of carbonyl (C=O) groups is 1. The van der Waals surface area contributed by atoms with Gasteiger partial charge in [-0.25, -0.2) is 0 Å². The van der Waals surface area contributed by atoms with Gasteiger partial charge in [0.15, 0.2) is 0 Å². The zero-order valence-electron chi connectivity index (χ0n) is 13.2. The van der Waals surface area contributed by atoms with Crippen LogP contribution in [0.3, 0.4) is 0 Å². The van der Waals surface area contributed by atoms with E-state index in [9.17, 15) is 9.90 Å². The summed E-state index contributed by atoms with van der Waals surface area (Å²) in [5, 5.41) is 12.4. The zero-order chi connectivity index (χ0) is 14.9. The van der Waals surface area contributed by atoms with E-state index in [1.54, 1.807) is 14.0 Å². The molecule has 2 bridgehead atoms. The largest absolute Gasteiger partial charge is 0.480 e. The number of hydrogen-bond acceptors (Lipinski definition) is 4. The number of carboxylic acid groups (broad SMARTS) is 1. The third-order valence-electron chi connectivity index (χ3n) is 5.53. The monoisotopic (exact) mass is 283 g/mol. The number of likely N-dealkylation sites (tertiary alicyclic amines) is 1. The zero-order valence-corrected chi connectivity index (χ0v) is 13.2. The molecule has 4 atom stereocenters. The van der Waals surface area contributed by atoms with E-state index in [1.807, 2.05) is 0 Å². The van der Waals surface area contributed by atoms with Crippen molar-refractivity contribution in [1.82, 2.24) is 15.1 Å². The van der Waals surface area contributed by atoms with Gasteiger partial charge in [0, 0.05) is 24.7 Å². The first-order valence-corrected chi connectivity index (χ1v) is 7.75. The lowest BCUT2D eigenvalue weighted by atomic mass is 9.92. The Hall–Kier alpha value is -0.650. The van der Waals surface area contributed by atoms with Crippen LogP contribution in [0.4, 0.5) is 0 Å². The van der Waals surface area contributed by atoms with Crippen molar-refractivity contribution < 1.29 is 9.90 Å². The predicted molar refractivity (Wildman–Crippen MR) is 79.9 cm³/mol. The molecule has 0 aliphatic carbocycles. The van der Waals surface area contributed by atoms with Gasteiger partial charge in [-0.05, 0) is 60.2 Å². The van der Waals surface area contributed by atoms with Gasteiger partial charge >= 0.3 is 5.97 Å². The first kappa shape index (κ1) is 15.7. The molecule has 2 aliphatic rings. The van der Waals surface area contributed by atoms with E-state index in [0.717, 1.165) is 19.1 Å². The number of rotatable bonds is 5. The lowest BCUT2D eigenvalue weighted by Gasteiger charge is -2.35. The summed E-state index contributed by atoms with van der Waals surface area (Å²) in [6.07, 6.45) is 4.46. The topological polar surface area (TPSA) is 55.8 Å². The molecule has 2 aliphatic heterocycles. The first-order valence-electron chi connectivity index (χ1n) is 7.75. The minimum Gasteiger partial charge on any atom is -0.480 e. The summed E-state index contributed by atoms with van der Waals surface area (Å²) < 4.78 is 0. The van der Waals surface area contributed by atoms with Crippen LogP contribution < -0.4 is 5.32 Å². The molecule has 5 nitrogen and oxygen atoms in total. The van der Waals surface area contributed by atoms with Crippen LogP contribution in [0.25, 0.3) is 0 Å². The van der Waals surface area contributed by atoms with Gasteiger partial charge in [0.2, 0.25) is 0 Å². The van der Waals surface area contributed by atoms with Gasteiger partial charge in [-0.3, -0.25) is 14.6 Å². The molecule has 0 radical (unpaired) electrons. The third kappa shape index (κ3) is 3.00. The molecule has 2 N–H and O–H groups in total. The van der Waals surface area contributed by atoms with E-state index in [1.165, 1.54) is 19.3 Å². The summed E-state index contributed by atoms with van der Waals surface area (Å²) in [6, 6.07) is 1.67. The molecule has 0 spiro atoms. The maximum absolute atomic E-state index is 11.4. The molecule has 2 saturated heterocycles. The Kier molecular flexibility index (Phi) is 4.72. The van der Waals surface area contributed by atoms with Gasteiger partial charge in [0.05, 0.1) is 0 Å². The average Bonchev–Trinajstić information content (AvgIpc) is 2.62. The van der Waals surface area contributed by atoms with E-state index < -0.39 is 11.5 Å². The minimum absolute atomic E-state index is 0.288. The van der Waals surface area contributed by atoms with Crippen LogP contribution in [-0.4, -0.2) is 71.7 Å². The van der Waals surface area contributed by atoms with Crippen LogP contribution in [0.2, 0.25) is 0 Å². The van der Waals surface area contributed by atoms with Crippen LogP contribution >= 0.6 is 0 Å². The van der Waals surface area contributed by atoms with Gasteiger partial charge in [-0.2, -0.15) is 0 Å². The highest BCUT2D eigenvalue weighted by atomic mass is 16.4. The highest BCUT2D eigenvalue weighted by Crippen LogP contribution is 2.30. The molecular weight excluding hydrogens is 254 g/mol. The molecule has 0 saturated carbocycles. The second kappa shape index (κ2) is 6.00. The Morgan fingerprint density at radius 1 is 1.40 bits per heavy atom. The molecule has 2 heterocycles. The summed E-state index contributed by atoms with van der Waals surface area (Å²) in [4.78, 5) is 16.4. The summed E-state index contributed by atoms with van der Waals surface area (Å²) in [5.74, 6) is -0.764. The Labute approximate surface area is 122 Å². The first-order chi connectivity index (χ1) is 9.37. The van der Waals surface area contributed by atoms with Gasteiger partial charge in [-0.1, -0.05) is 0 Å². The molecule has 0 amide bonds. The number of nitrogens with zero attached hydrogens (tertiary/aromatic N) is 2. The van der Waals surface area contributed by atoms with E-state index in [4.69, 9.17) is 0 Å². The predicted octanol–water partition coefficient (Wildman–Crippen LogP) is 0.996. The normalized spacial score (nSPS) is 32.6. The average molecular weight is 283 g/mol. The number of carboxylic acids is 1. The molecule has 0 aromatic rings. The van der Waals surface area contributed by atoms with E-state index >= 15 is 0 Å². The number of fused-ring (bicyclic) bond motifs is 2. The van der Waals surface area contributed by atoms with Gasteiger partial charge in [0.25, 0.3) is 0 Å².